The van der Waals surface area contributed by atoms with E-state index in [1.807, 2.05) is 0 Å². The maximum Gasteiger partial charge on any atom is 0.330 e. The van der Waals surface area contributed by atoms with Crippen molar-refractivity contribution < 1.29 is 9.90 Å². The molecule has 0 amide bonds. The van der Waals surface area contributed by atoms with E-state index in [0.29, 0.717) is 0 Å². The zero-order valence-electron chi connectivity index (χ0n) is 16.2. The van der Waals surface area contributed by atoms with Crippen molar-refractivity contribution in [3.05, 3.63) is 12.2 Å². The van der Waals surface area contributed by atoms with Crippen LogP contribution in [0.1, 0.15) is 104 Å². The second kappa shape index (κ2) is 21.4. The molecule has 0 heterocycles. The van der Waals surface area contributed by atoms with E-state index < -0.39 is 5.97 Å². The van der Waals surface area contributed by atoms with E-state index in [0.717, 1.165) is 0 Å². The Labute approximate surface area is 148 Å². The van der Waals surface area contributed by atoms with Crippen molar-refractivity contribution in [3.63, 3.8) is 0 Å². The lowest BCUT2D eigenvalue weighted by atomic mass is 10.0. The van der Waals surface area contributed by atoms with Crippen molar-refractivity contribution in [2.45, 2.75) is 110 Å². The summed E-state index contributed by atoms with van der Waals surface area (Å²) >= 11 is 0. The minimum Gasteiger partial charge on any atom is -0.478 e. The highest BCUT2D eigenvalue weighted by Crippen LogP contribution is 2.13. The van der Waals surface area contributed by atoms with Crippen LogP contribution in [0.3, 0.4) is 0 Å². The molecule has 0 aliphatic carbocycles. The summed E-state index contributed by atoms with van der Waals surface area (Å²) < 4.78 is 0. The van der Waals surface area contributed by atoms with Crippen molar-refractivity contribution in [2.75, 3.05) is 0 Å². The Morgan fingerprint density at radius 2 is 1.04 bits per heavy atom. The van der Waals surface area contributed by atoms with Gasteiger partial charge in [-0.05, 0) is 6.92 Å². The van der Waals surface area contributed by atoms with Crippen LogP contribution < -0.4 is 0 Å². The first kappa shape index (κ1) is 24.7. The average Bonchev–Trinajstić information content (AvgIpc) is 2.52. The predicted molar refractivity (Wildman–Crippen MR) is 108 cm³/mol. The Morgan fingerprint density at radius 1 is 0.783 bits per heavy atom. The second-order valence-electron chi connectivity index (χ2n) is 6.68. The third kappa shape index (κ3) is 26.6. The van der Waals surface area contributed by atoms with Gasteiger partial charge in [-0.3, -0.25) is 0 Å². The maximum absolute atomic E-state index is 9.60. The van der Waals surface area contributed by atoms with Gasteiger partial charge in [-0.25, -0.2) is 4.79 Å². The quantitative estimate of drug-likeness (QED) is 0.228. The molecule has 0 aliphatic heterocycles. The molecule has 0 saturated carbocycles. The average molecular weight is 343 g/mol. The molecule has 0 atom stereocenters. The van der Waals surface area contributed by atoms with Gasteiger partial charge in [0.05, 0.1) is 0 Å². The summed E-state index contributed by atoms with van der Waals surface area (Å²) in [7, 11) is 1.41. The summed E-state index contributed by atoms with van der Waals surface area (Å²) in [6, 6.07) is 1.51. The second-order valence-corrected chi connectivity index (χ2v) is 7.68. The molecule has 0 bridgehead atoms. The third-order valence-electron chi connectivity index (χ3n) is 4.07. The van der Waals surface area contributed by atoms with Crippen LogP contribution in [0.4, 0.5) is 0 Å². The lowest BCUT2D eigenvalue weighted by molar-refractivity contribution is -0.132. The summed E-state index contributed by atoms with van der Waals surface area (Å²) in [5.41, 5.74) is 0.176. The Bertz CT molecular complexity index is 238. The van der Waals surface area contributed by atoms with E-state index in [1.54, 1.807) is 0 Å². The number of unbranched alkanes of at least 4 members (excludes halogenated alkanes) is 13. The smallest absolute Gasteiger partial charge is 0.330 e. The predicted octanol–water partition coefficient (Wildman–Crippen LogP) is 5.90. The molecule has 2 nitrogen and oxygen atoms in total. The number of aliphatic carboxylic acids is 1. The molecule has 1 N–H and O–H groups in total. The molecule has 0 aromatic rings. The van der Waals surface area contributed by atoms with Gasteiger partial charge in [-0.1, -0.05) is 109 Å². The summed E-state index contributed by atoms with van der Waals surface area (Å²) in [6.45, 7) is 6.90. The molecule has 0 aliphatic rings. The van der Waals surface area contributed by atoms with Crippen LogP contribution in [0.15, 0.2) is 12.2 Å². The van der Waals surface area contributed by atoms with Gasteiger partial charge in [0.15, 0.2) is 0 Å². The highest BCUT2D eigenvalue weighted by Gasteiger charge is 1.93. The topological polar surface area (TPSA) is 37.3 Å². The molecule has 0 spiro atoms. The largest absolute Gasteiger partial charge is 0.478 e. The van der Waals surface area contributed by atoms with Crippen LogP contribution >= 0.6 is 0 Å². The van der Waals surface area contributed by atoms with Crippen molar-refractivity contribution in [1.82, 2.24) is 0 Å². The molecule has 0 unspecified atom stereocenters. The Morgan fingerprint density at radius 3 is 1.26 bits per heavy atom. The first-order valence-electron chi connectivity index (χ1n) is 9.95. The Balaban J connectivity index is 0. The van der Waals surface area contributed by atoms with Gasteiger partial charge in [0.2, 0.25) is 0 Å². The van der Waals surface area contributed by atoms with E-state index in [2.05, 4.69) is 13.5 Å². The van der Waals surface area contributed by atoms with E-state index in [9.17, 15) is 4.79 Å². The van der Waals surface area contributed by atoms with Gasteiger partial charge in [-0.15, -0.1) is 0 Å². The Kier molecular flexibility index (Phi) is 23.0. The zero-order chi connectivity index (χ0) is 17.8. The van der Waals surface area contributed by atoms with Crippen molar-refractivity contribution >= 4 is 16.2 Å². The molecule has 0 radical (unpaired) electrons. The minimum atomic E-state index is -0.935. The minimum absolute atomic E-state index is 0.176. The summed E-state index contributed by atoms with van der Waals surface area (Å²) in [5, 5.41) is 7.89. The molecule has 0 rings (SSSR count). The normalized spacial score (nSPS) is 10.2. The van der Waals surface area contributed by atoms with Crippen LogP contribution in [0.25, 0.3) is 0 Å². The van der Waals surface area contributed by atoms with Gasteiger partial charge in [0, 0.05) is 15.8 Å². The van der Waals surface area contributed by atoms with Crippen LogP contribution in [0, 0.1) is 0 Å². The number of hydrogen-bond donors (Lipinski definition) is 1. The molecular weight excluding hydrogens is 300 g/mol. The third-order valence-corrected chi connectivity index (χ3v) is 4.78. The summed E-state index contributed by atoms with van der Waals surface area (Å²) in [5.74, 6) is -0.935. The van der Waals surface area contributed by atoms with Crippen molar-refractivity contribution in [1.29, 1.82) is 0 Å². The SMILES string of the molecule is C=C(C)C(=O)O.CCCCCCCCCCCCCCCC[SiH3]. The molecule has 0 aromatic carbocycles. The summed E-state index contributed by atoms with van der Waals surface area (Å²) in [4.78, 5) is 9.60. The van der Waals surface area contributed by atoms with E-state index in [4.69, 9.17) is 5.11 Å². The molecule has 3 heteroatoms. The first-order chi connectivity index (χ1) is 11.1. The van der Waals surface area contributed by atoms with Crippen molar-refractivity contribution in [2.24, 2.45) is 0 Å². The van der Waals surface area contributed by atoms with Gasteiger partial charge in [0.1, 0.15) is 0 Å². The zero-order valence-corrected chi connectivity index (χ0v) is 18.2. The van der Waals surface area contributed by atoms with Crippen LogP contribution in [0.2, 0.25) is 6.04 Å². The fraction of sp³-hybridized carbons (Fsp3) is 0.850. The molecule has 138 valence electrons. The lowest BCUT2D eigenvalue weighted by Gasteiger charge is -2.02. The van der Waals surface area contributed by atoms with Crippen LogP contribution in [-0.2, 0) is 4.79 Å². The van der Waals surface area contributed by atoms with Gasteiger partial charge < -0.3 is 5.11 Å². The van der Waals surface area contributed by atoms with Crippen molar-refractivity contribution in [3.8, 4) is 0 Å². The number of rotatable bonds is 15. The highest BCUT2D eigenvalue weighted by atomic mass is 28.1. The Hall–Kier alpha value is -0.573. The fourth-order valence-corrected chi connectivity index (χ4v) is 2.94. The van der Waals surface area contributed by atoms with E-state index in [-0.39, 0.29) is 5.57 Å². The number of hydrogen-bond acceptors (Lipinski definition) is 1. The van der Waals surface area contributed by atoms with Gasteiger partial charge in [-0.2, -0.15) is 0 Å². The summed E-state index contributed by atoms with van der Waals surface area (Å²) in [6.07, 6.45) is 20.7. The van der Waals surface area contributed by atoms with Gasteiger partial charge >= 0.3 is 5.97 Å². The number of carboxylic acid groups (broad SMARTS) is 1. The molecule has 23 heavy (non-hydrogen) atoms. The maximum atomic E-state index is 9.60. The number of carbonyl (C=O) groups is 1. The molecular formula is C20H42O2Si. The molecule has 0 fully saturated rings. The highest BCUT2D eigenvalue weighted by molar-refractivity contribution is 6.08. The number of carboxylic acids is 1. The van der Waals surface area contributed by atoms with E-state index >= 15 is 0 Å². The first-order valence-corrected chi connectivity index (χ1v) is 11.4. The monoisotopic (exact) mass is 342 g/mol. The standard InChI is InChI=1S/C16H36Si.C4H6O2/c1-2-3-4-5-6-7-8-9-10-11-12-13-14-15-16-17;1-3(2)4(5)6/h2-16H2,1,17H3;1H2,2H3,(H,5,6). The molecule has 0 saturated heterocycles. The fourth-order valence-electron chi connectivity index (χ4n) is 2.44. The van der Waals surface area contributed by atoms with Crippen LogP contribution in [-0.4, -0.2) is 21.3 Å². The van der Waals surface area contributed by atoms with Gasteiger partial charge in [0.25, 0.3) is 0 Å². The van der Waals surface area contributed by atoms with E-state index in [1.165, 1.54) is 113 Å². The molecule has 0 aromatic heterocycles. The lowest BCUT2D eigenvalue weighted by Crippen LogP contribution is -1.92. The van der Waals surface area contributed by atoms with Crippen LogP contribution in [0.5, 0.6) is 0 Å².